The van der Waals surface area contributed by atoms with E-state index in [2.05, 4.69) is 4.74 Å². The lowest BCUT2D eigenvalue weighted by Gasteiger charge is -2.06. The summed E-state index contributed by atoms with van der Waals surface area (Å²) in [7, 11) is -1.59. The Morgan fingerprint density at radius 2 is 2.00 bits per heavy atom. The Hall–Kier alpha value is -1.36. The minimum absolute atomic E-state index is 0.00366. The number of nitrogens with one attached hydrogen (secondary N) is 1. The molecule has 82 valence electrons. The van der Waals surface area contributed by atoms with Crippen LogP contribution in [0.3, 0.4) is 0 Å². The molecule has 0 fully saturated rings. The van der Waals surface area contributed by atoms with E-state index in [4.69, 9.17) is 4.78 Å². The number of benzene rings is 1. The average molecular weight is 227 g/mol. The first-order valence-electron chi connectivity index (χ1n) is 4.44. The first-order chi connectivity index (χ1) is 7.06. The van der Waals surface area contributed by atoms with Gasteiger partial charge in [-0.3, -0.25) is 4.79 Å². The molecule has 5 heteroatoms. The van der Waals surface area contributed by atoms with Crippen LogP contribution in [-0.4, -0.2) is 23.0 Å². The van der Waals surface area contributed by atoms with E-state index in [-0.39, 0.29) is 12.2 Å². The van der Waals surface area contributed by atoms with Crippen molar-refractivity contribution in [2.45, 2.75) is 11.3 Å². The molecule has 1 aromatic rings. The number of hydrogen-bond acceptors (Lipinski definition) is 4. The van der Waals surface area contributed by atoms with Crippen LogP contribution in [0.5, 0.6) is 0 Å². The first-order valence-corrected chi connectivity index (χ1v) is 6.17. The second kappa shape index (κ2) is 4.93. The van der Waals surface area contributed by atoms with Crippen LogP contribution in [0, 0.1) is 4.78 Å². The minimum Gasteiger partial charge on any atom is -0.469 e. The molecule has 0 aliphatic rings. The molecule has 0 spiro atoms. The van der Waals surface area contributed by atoms with Gasteiger partial charge in [-0.15, -0.1) is 0 Å². The smallest absolute Gasteiger partial charge is 0.306 e. The van der Waals surface area contributed by atoms with Gasteiger partial charge in [-0.25, -0.2) is 8.99 Å². The van der Waals surface area contributed by atoms with Gasteiger partial charge >= 0.3 is 5.97 Å². The van der Waals surface area contributed by atoms with Crippen molar-refractivity contribution in [3.8, 4) is 0 Å². The third kappa shape index (κ3) is 3.36. The number of rotatable bonds is 4. The van der Waals surface area contributed by atoms with Crippen molar-refractivity contribution in [1.82, 2.24) is 0 Å². The zero-order chi connectivity index (χ0) is 11.3. The van der Waals surface area contributed by atoms with Crippen LogP contribution in [-0.2, 0) is 19.3 Å². The zero-order valence-corrected chi connectivity index (χ0v) is 9.25. The van der Waals surface area contributed by atoms with Crippen LogP contribution in [0.15, 0.2) is 35.2 Å². The van der Waals surface area contributed by atoms with E-state index in [0.717, 1.165) is 0 Å². The summed E-state index contributed by atoms with van der Waals surface area (Å²) in [6.45, 7) is 0. The van der Waals surface area contributed by atoms with Gasteiger partial charge in [0.15, 0.2) is 0 Å². The highest BCUT2D eigenvalue weighted by atomic mass is 32.2. The number of hydrogen-bond donors (Lipinski definition) is 1. The van der Waals surface area contributed by atoms with Gasteiger partial charge in [-0.05, 0) is 12.1 Å². The van der Waals surface area contributed by atoms with E-state index in [1.54, 1.807) is 30.3 Å². The van der Waals surface area contributed by atoms with Gasteiger partial charge in [0, 0.05) is 10.6 Å². The highest BCUT2D eigenvalue weighted by molar-refractivity contribution is 7.92. The summed E-state index contributed by atoms with van der Waals surface area (Å²) in [5, 5.41) is 0. The summed E-state index contributed by atoms with van der Waals surface area (Å²) in [6.07, 6.45) is 0.00767. The lowest BCUT2D eigenvalue weighted by Crippen LogP contribution is -2.11. The van der Waals surface area contributed by atoms with Crippen LogP contribution < -0.4 is 0 Å². The number of ether oxygens (including phenoxy) is 1. The molecule has 0 saturated heterocycles. The number of esters is 1. The lowest BCUT2D eigenvalue weighted by atomic mass is 10.4. The molecule has 1 rings (SSSR count). The van der Waals surface area contributed by atoms with Gasteiger partial charge in [0.2, 0.25) is 0 Å². The molecule has 0 saturated carbocycles. The predicted molar refractivity (Wildman–Crippen MR) is 57.1 cm³/mol. The third-order valence-corrected chi connectivity index (χ3v) is 3.76. The van der Waals surface area contributed by atoms with Gasteiger partial charge < -0.3 is 4.74 Å². The lowest BCUT2D eigenvalue weighted by molar-refractivity contribution is -0.140. The Balaban J connectivity index is 2.73. The number of methoxy groups -OCH3 is 1. The Morgan fingerprint density at radius 1 is 1.40 bits per heavy atom. The van der Waals surface area contributed by atoms with Gasteiger partial charge in [0.25, 0.3) is 0 Å². The Labute approximate surface area is 89.2 Å². The maximum absolute atomic E-state index is 11.9. The molecule has 1 atom stereocenters. The summed E-state index contributed by atoms with van der Waals surface area (Å²) < 4.78 is 24.0. The van der Waals surface area contributed by atoms with Gasteiger partial charge in [-0.1, -0.05) is 18.2 Å². The van der Waals surface area contributed by atoms with Crippen molar-refractivity contribution in [3.05, 3.63) is 30.3 Å². The van der Waals surface area contributed by atoms with Gasteiger partial charge in [0.05, 0.1) is 23.3 Å². The molecule has 1 aromatic carbocycles. The van der Waals surface area contributed by atoms with Crippen LogP contribution in [0.25, 0.3) is 0 Å². The van der Waals surface area contributed by atoms with Crippen LogP contribution >= 0.6 is 0 Å². The Morgan fingerprint density at radius 3 is 2.53 bits per heavy atom. The van der Waals surface area contributed by atoms with Crippen molar-refractivity contribution in [3.63, 3.8) is 0 Å². The summed E-state index contributed by atoms with van der Waals surface area (Å²) in [6, 6.07) is 8.50. The summed E-state index contributed by atoms with van der Waals surface area (Å²) in [5.41, 5.74) is 0. The summed E-state index contributed by atoms with van der Waals surface area (Å²) >= 11 is 0. The fraction of sp³-hybridized carbons (Fsp3) is 0.300. The van der Waals surface area contributed by atoms with Crippen LogP contribution in [0.2, 0.25) is 0 Å². The quantitative estimate of drug-likeness (QED) is 0.795. The fourth-order valence-electron chi connectivity index (χ4n) is 1.09. The van der Waals surface area contributed by atoms with E-state index < -0.39 is 15.7 Å². The second-order valence-electron chi connectivity index (χ2n) is 3.02. The van der Waals surface area contributed by atoms with Crippen molar-refractivity contribution in [1.29, 1.82) is 4.78 Å². The maximum atomic E-state index is 11.9. The van der Waals surface area contributed by atoms with Gasteiger partial charge in [-0.2, -0.15) is 0 Å². The van der Waals surface area contributed by atoms with E-state index >= 15 is 0 Å². The van der Waals surface area contributed by atoms with Crippen LogP contribution in [0.4, 0.5) is 0 Å². The molecule has 4 nitrogen and oxygen atoms in total. The summed E-state index contributed by atoms with van der Waals surface area (Å²) in [4.78, 5) is 11.3. The van der Waals surface area contributed by atoms with E-state index in [9.17, 15) is 9.00 Å². The predicted octanol–water partition coefficient (Wildman–Crippen LogP) is 1.66. The first kappa shape index (κ1) is 11.7. The molecule has 0 heterocycles. The minimum atomic E-state index is -2.87. The highest BCUT2D eigenvalue weighted by Gasteiger charge is 2.12. The molecular formula is C10H13NO3S. The molecule has 0 radical (unpaired) electrons. The maximum Gasteiger partial charge on any atom is 0.306 e. The molecular weight excluding hydrogens is 214 g/mol. The van der Waals surface area contributed by atoms with Crippen molar-refractivity contribution in [2.24, 2.45) is 0 Å². The molecule has 0 aliphatic heterocycles. The molecule has 0 aromatic heterocycles. The largest absolute Gasteiger partial charge is 0.469 e. The van der Waals surface area contributed by atoms with Gasteiger partial charge in [0.1, 0.15) is 0 Å². The third-order valence-electron chi connectivity index (χ3n) is 1.95. The van der Waals surface area contributed by atoms with E-state index in [1.165, 1.54) is 7.11 Å². The van der Waals surface area contributed by atoms with E-state index in [0.29, 0.717) is 4.90 Å². The molecule has 1 N–H and O–H groups in total. The molecule has 0 amide bonds. The monoisotopic (exact) mass is 227 g/mol. The molecule has 1 unspecified atom stereocenters. The van der Waals surface area contributed by atoms with Crippen molar-refractivity contribution < 1.29 is 13.7 Å². The average Bonchev–Trinajstić information content (AvgIpc) is 2.27. The van der Waals surface area contributed by atoms with E-state index in [1.807, 2.05) is 0 Å². The van der Waals surface area contributed by atoms with Crippen molar-refractivity contribution >= 4 is 15.7 Å². The topological polar surface area (TPSA) is 67.2 Å². The van der Waals surface area contributed by atoms with Crippen molar-refractivity contribution in [2.75, 3.05) is 12.9 Å². The molecule has 0 bridgehead atoms. The molecule has 0 aliphatic carbocycles. The fourth-order valence-corrected chi connectivity index (χ4v) is 2.37. The highest BCUT2D eigenvalue weighted by Crippen LogP contribution is 2.12. The SMILES string of the molecule is COC(=O)CCS(=N)(=O)c1ccccc1. The molecule has 15 heavy (non-hydrogen) atoms. The number of carbonyl (C=O) groups excluding carboxylic acids is 1. The second-order valence-corrected chi connectivity index (χ2v) is 5.25. The number of carbonyl (C=O) groups is 1. The summed E-state index contributed by atoms with van der Waals surface area (Å²) in [5.74, 6) is -0.435. The zero-order valence-electron chi connectivity index (χ0n) is 8.43. The Bertz CT molecular complexity index is 425. The standard InChI is InChI=1S/C10H13NO3S/c1-14-10(12)7-8-15(11,13)9-5-3-2-4-6-9/h2-6,11H,7-8H2,1H3. The Kier molecular flexibility index (Phi) is 3.85. The van der Waals surface area contributed by atoms with Crippen LogP contribution in [0.1, 0.15) is 6.42 Å². The normalized spacial score (nSPS) is 14.2.